The molecule has 4 aliphatic rings. The van der Waals surface area contributed by atoms with Crippen LogP contribution in [0.3, 0.4) is 0 Å². The van der Waals surface area contributed by atoms with E-state index in [1.807, 2.05) is 14.7 Å². The number of ketones is 2. The maximum atomic E-state index is 12.4. The summed E-state index contributed by atoms with van der Waals surface area (Å²) in [5.74, 6) is -2.94. The Hall–Kier alpha value is -2.84. The normalized spacial score (nSPS) is 17.1. The molecule has 11 nitrogen and oxygen atoms in total. The minimum Gasteiger partial charge on any atom is -0.550 e. The molecule has 3 heterocycles. The summed E-state index contributed by atoms with van der Waals surface area (Å²) in [6.45, 7) is 10.0. The van der Waals surface area contributed by atoms with Gasteiger partial charge < -0.3 is 44.4 Å². The first-order chi connectivity index (χ1) is 15.1. The van der Waals surface area contributed by atoms with Crippen molar-refractivity contribution in [3.8, 4) is 0 Å². The second-order valence-corrected chi connectivity index (χ2v) is 7.06. The van der Waals surface area contributed by atoms with Crippen LogP contribution in [-0.4, -0.2) is 101 Å². The van der Waals surface area contributed by atoms with E-state index in [-0.39, 0.29) is 48.2 Å². The van der Waals surface area contributed by atoms with Crippen LogP contribution < -0.4 is 15.3 Å². The molecule has 33 heavy (non-hydrogen) atoms. The van der Waals surface area contributed by atoms with E-state index >= 15 is 0 Å². The molecule has 0 saturated carbocycles. The Kier molecular flexibility index (Phi) is 13.1. The molecule has 0 aromatic heterocycles. The van der Waals surface area contributed by atoms with Crippen molar-refractivity contribution in [2.24, 2.45) is 0 Å². The molecule has 3 fully saturated rings. The Morgan fingerprint density at radius 1 is 0.697 bits per heavy atom. The van der Waals surface area contributed by atoms with Gasteiger partial charge in [-0.15, -0.1) is 0 Å². The number of Topliss-reactive ketones (excluding diaryl/α,β-unsaturated/α-hetero) is 1. The molecule has 0 atom stereocenters. The van der Waals surface area contributed by atoms with E-state index in [1.54, 1.807) is 0 Å². The van der Waals surface area contributed by atoms with Crippen molar-refractivity contribution < 1.29 is 39.3 Å². The maximum absolute atomic E-state index is 12.4. The smallest absolute Gasteiger partial charge is 0.550 e. The summed E-state index contributed by atoms with van der Waals surface area (Å²) in [6.07, 6.45) is 1.86. The van der Waals surface area contributed by atoms with Crippen LogP contribution in [0.15, 0.2) is 23.2 Å². The van der Waals surface area contributed by atoms with Crippen LogP contribution >= 0.6 is 0 Å². The fourth-order valence-electron chi connectivity index (χ4n) is 2.28. The van der Waals surface area contributed by atoms with Gasteiger partial charge in [0.1, 0.15) is 11.4 Å². The van der Waals surface area contributed by atoms with Gasteiger partial charge in [-0.3, -0.25) is 9.59 Å². The van der Waals surface area contributed by atoms with Crippen molar-refractivity contribution >= 4 is 46.8 Å². The molecule has 3 saturated heterocycles. The van der Waals surface area contributed by atoms with Gasteiger partial charge in [-0.05, 0) is 19.3 Å². The number of carbonyl (C=O) groups is 5. The summed E-state index contributed by atoms with van der Waals surface area (Å²) in [6, 6.07) is 0. The Bertz CT molecular complexity index is 779. The van der Waals surface area contributed by atoms with Gasteiger partial charge in [-0.25, -0.2) is 0 Å². The van der Waals surface area contributed by atoms with Gasteiger partial charge in [0.05, 0.1) is 5.70 Å². The third kappa shape index (κ3) is 11.0. The number of hydrogen-bond donors (Lipinski definition) is 0. The zero-order chi connectivity index (χ0) is 24.4. The van der Waals surface area contributed by atoms with E-state index < -0.39 is 17.9 Å². The molecule has 0 aromatic carbocycles. The zero-order valence-corrected chi connectivity index (χ0v) is 20.3. The molecule has 4 rings (SSSR count). The number of carboxylic acid groups (broad SMARTS) is 3. The first kappa shape index (κ1) is 30.2. The van der Waals surface area contributed by atoms with Gasteiger partial charge in [0.15, 0.2) is 0 Å². The van der Waals surface area contributed by atoms with Crippen LogP contribution in [0.25, 0.3) is 0 Å². The summed E-state index contributed by atoms with van der Waals surface area (Å²) in [4.78, 5) is 58.2. The van der Waals surface area contributed by atoms with Crippen molar-refractivity contribution in [3.05, 3.63) is 23.2 Å². The predicted octanol–water partition coefficient (Wildman–Crippen LogP) is -3.76. The van der Waals surface area contributed by atoms with Crippen LogP contribution in [0.1, 0.15) is 40.0 Å². The molecule has 178 valence electrons. The van der Waals surface area contributed by atoms with Gasteiger partial charge >= 0.3 is 17.4 Å². The molecule has 0 radical (unpaired) electrons. The summed E-state index contributed by atoms with van der Waals surface area (Å²) in [7, 11) is 0. The fraction of sp³-hybridized carbons (Fsp3) is 0.571. The quantitative estimate of drug-likeness (QED) is 0.210. The Balaban J connectivity index is 0.000000537. The van der Waals surface area contributed by atoms with Gasteiger partial charge in [0.25, 0.3) is 0 Å². The molecule has 0 aromatic rings. The van der Waals surface area contributed by atoms with Crippen LogP contribution in [0, 0.1) is 0 Å². The first-order valence-corrected chi connectivity index (χ1v) is 10.5. The molecule has 0 amide bonds. The topological polar surface area (TPSA) is 164 Å². The number of nitrogens with zero attached hydrogens (tertiary/aromatic N) is 3. The minimum absolute atomic E-state index is 0. The largest absolute Gasteiger partial charge is 3.00 e. The molecular formula is C21H28AlN3O8. The summed E-state index contributed by atoms with van der Waals surface area (Å²) < 4.78 is 0. The predicted molar refractivity (Wildman–Crippen MR) is 111 cm³/mol. The van der Waals surface area contributed by atoms with E-state index in [0.717, 1.165) is 39.3 Å². The first-order valence-electron chi connectivity index (χ1n) is 10.5. The average molecular weight is 477 g/mol. The van der Waals surface area contributed by atoms with Crippen molar-refractivity contribution in [1.82, 2.24) is 14.7 Å². The fourth-order valence-corrected chi connectivity index (χ4v) is 2.28. The Morgan fingerprint density at radius 2 is 1.00 bits per heavy atom. The molecule has 0 unspecified atom stereocenters. The Labute approximate surface area is 203 Å². The molecule has 3 aliphatic heterocycles. The van der Waals surface area contributed by atoms with E-state index in [0.29, 0.717) is 17.1 Å². The Morgan fingerprint density at radius 3 is 1.27 bits per heavy atom. The van der Waals surface area contributed by atoms with Crippen molar-refractivity contribution in [1.29, 1.82) is 0 Å². The van der Waals surface area contributed by atoms with Crippen LogP contribution in [0.5, 0.6) is 0 Å². The van der Waals surface area contributed by atoms with Crippen molar-refractivity contribution in [3.63, 3.8) is 0 Å². The number of hydrogen-bond acceptors (Lipinski definition) is 11. The number of carbonyl (C=O) groups excluding carboxylic acids is 5. The SMILES string of the molecule is CCC(=O)[O-].CCC(=O)[O-].CCC(=O)[O-].O=C1C=C(N2CC2)C(=O)C(N2CC2)=C1N1CC1.[Al+3]. The second kappa shape index (κ2) is 14.3. The summed E-state index contributed by atoms with van der Waals surface area (Å²) >= 11 is 0. The zero-order valence-electron chi connectivity index (χ0n) is 19.1. The van der Waals surface area contributed by atoms with Crippen LogP contribution in [0.4, 0.5) is 0 Å². The number of carboxylic acids is 3. The monoisotopic (exact) mass is 477 g/mol. The molecule has 12 heteroatoms. The number of allylic oxidation sites excluding steroid dienone is 1. The van der Waals surface area contributed by atoms with Gasteiger partial charge in [-0.2, -0.15) is 0 Å². The number of aliphatic carboxylic acids is 3. The van der Waals surface area contributed by atoms with Crippen molar-refractivity contribution in [2.75, 3.05) is 39.3 Å². The summed E-state index contributed by atoms with van der Waals surface area (Å²) in [5.41, 5.74) is 1.89. The van der Waals surface area contributed by atoms with Gasteiger partial charge in [0.2, 0.25) is 11.6 Å². The van der Waals surface area contributed by atoms with E-state index in [2.05, 4.69) is 0 Å². The van der Waals surface area contributed by atoms with Crippen LogP contribution in [-0.2, 0) is 24.0 Å². The van der Waals surface area contributed by atoms with E-state index in [9.17, 15) is 39.3 Å². The number of rotatable bonds is 6. The molecule has 0 N–H and O–H groups in total. The molecule has 0 spiro atoms. The third-order valence-corrected chi connectivity index (χ3v) is 4.35. The molecule has 1 aliphatic carbocycles. The average Bonchev–Trinajstić information content (AvgIpc) is 3.58. The maximum Gasteiger partial charge on any atom is 3.00 e. The second-order valence-electron chi connectivity index (χ2n) is 7.06. The summed E-state index contributed by atoms with van der Waals surface area (Å²) in [5, 5.41) is 27.8. The van der Waals surface area contributed by atoms with Crippen molar-refractivity contribution in [2.45, 2.75) is 40.0 Å². The third-order valence-electron chi connectivity index (χ3n) is 4.35. The van der Waals surface area contributed by atoms with Gasteiger partial charge in [0, 0.05) is 63.3 Å². The van der Waals surface area contributed by atoms with Gasteiger partial charge in [-0.1, -0.05) is 20.8 Å². The van der Waals surface area contributed by atoms with E-state index in [4.69, 9.17) is 0 Å². The van der Waals surface area contributed by atoms with Crippen LogP contribution in [0.2, 0.25) is 0 Å². The molecular weight excluding hydrogens is 449 g/mol. The standard InChI is InChI=1S/C12H13N3O2.3C3H6O2.Al/c16-9-7-8(13-1-2-13)12(17)11(15-5-6-15)10(9)14-3-4-14;3*1-2-3(4)5;/h7H,1-6H2;3*2H2,1H3,(H,4,5);/q;;;;+3/p-3. The van der Waals surface area contributed by atoms with E-state index in [1.165, 1.54) is 26.8 Å². The minimum atomic E-state index is -0.995. The molecule has 0 bridgehead atoms.